The van der Waals surface area contributed by atoms with Crippen LogP contribution in [0.2, 0.25) is 0 Å². The minimum absolute atomic E-state index is 0.133. The van der Waals surface area contributed by atoms with Crippen LogP contribution in [0.3, 0.4) is 0 Å². The molecule has 3 aromatic rings. The fourth-order valence-corrected chi connectivity index (χ4v) is 7.21. The van der Waals surface area contributed by atoms with Gasteiger partial charge >= 0.3 is 13.8 Å². The molecule has 0 saturated carbocycles. The number of alkyl halides is 3. The lowest BCUT2D eigenvalue weighted by molar-refractivity contribution is -0.137. The fourth-order valence-electron chi connectivity index (χ4n) is 5.91. The first-order valence-electron chi connectivity index (χ1n) is 14.2. The molecule has 16 heteroatoms. The third-order valence-electron chi connectivity index (χ3n) is 8.51. The molecule has 1 saturated heterocycles. The zero-order valence-corrected chi connectivity index (χ0v) is 25.9. The summed E-state index contributed by atoms with van der Waals surface area (Å²) in [6.07, 6.45) is -4.39. The Kier molecular flexibility index (Phi) is 8.51. The first kappa shape index (κ1) is 32.5. The molecule has 3 heterocycles. The molecule has 0 unspecified atom stereocenters. The molecule has 5 N–H and O–H groups in total. The molecule has 2 aromatic carbocycles. The highest BCUT2D eigenvalue weighted by atomic mass is 31.2. The Morgan fingerprint density at radius 1 is 1.09 bits per heavy atom. The summed E-state index contributed by atoms with van der Waals surface area (Å²) in [4.78, 5) is 44.7. The van der Waals surface area contributed by atoms with Crippen LogP contribution in [0.1, 0.15) is 53.7 Å². The minimum atomic E-state index is -4.83. The van der Waals surface area contributed by atoms with Crippen LogP contribution in [-0.2, 0) is 22.4 Å². The molecule has 0 bridgehead atoms. The second kappa shape index (κ2) is 11.8. The maximum absolute atomic E-state index is 14.1. The van der Waals surface area contributed by atoms with Crippen molar-refractivity contribution in [3.8, 4) is 5.75 Å². The number of ether oxygens (including phenoxy) is 1. The molecule has 1 aromatic heterocycles. The summed E-state index contributed by atoms with van der Waals surface area (Å²) in [5, 5.41) is 13.9. The summed E-state index contributed by atoms with van der Waals surface area (Å²) < 4.78 is 60.2. The fraction of sp³-hybridized carbons (Fsp3) is 0.414. The Balaban J connectivity index is 1.52. The number of anilines is 5. The SMILES string of the molecule is CCC(CC)(c1ccc(Nc2ncc(C(F)(F)F)c(Nc3ccc(N4CC(O)C4)c4c3C(=O)N(C)C4)n2)c(OC)c1)P(=O)(O)O. The van der Waals surface area contributed by atoms with Gasteiger partial charge in [0.15, 0.2) is 0 Å². The third-order valence-corrected chi connectivity index (χ3v) is 10.5. The topological polar surface area (TPSA) is 160 Å². The number of carbonyl (C=O) groups is 1. The van der Waals surface area contributed by atoms with E-state index in [1.165, 1.54) is 36.3 Å². The minimum Gasteiger partial charge on any atom is -0.495 e. The van der Waals surface area contributed by atoms with Gasteiger partial charge in [0.1, 0.15) is 17.1 Å². The normalized spacial score (nSPS) is 15.6. The van der Waals surface area contributed by atoms with Crippen LogP contribution < -0.4 is 20.3 Å². The molecule has 0 aliphatic carbocycles. The summed E-state index contributed by atoms with van der Waals surface area (Å²) in [5.41, 5.74) is 1.15. The standard InChI is InChI=1S/C29H34F3N6O6P/c1-5-28(6-2,45(41,42)43)16-7-8-20(23(11-16)44-4)35-27-33-12-19(29(30,31)32)25(36-27)34-21-9-10-22(38-13-17(39)14-38)18-15-37(3)26(40)24(18)21/h7-12,17,39H,5-6,13-15H2,1-4H3,(H2,41,42,43)(H2,33,34,35,36). The summed E-state index contributed by atoms with van der Waals surface area (Å²) in [7, 11) is -1.64. The molecular formula is C29H34F3N6O6P. The third kappa shape index (κ3) is 5.81. The highest BCUT2D eigenvalue weighted by Gasteiger charge is 2.45. The van der Waals surface area contributed by atoms with Crippen LogP contribution in [0.15, 0.2) is 36.5 Å². The smallest absolute Gasteiger partial charge is 0.421 e. The number of carbonyl (C=O) groups excluding carboxylic acids is 1. The average Bonchev–Trinajstić information content (AvgIpc) is 3.26. The summed E-state index contributed by atoms with van der Waals surface area (Å²) in [5.74, 6) is -1.02. The van der Waals surface area contributed by atoms with E-state index in [0.29, 0.717) is 30.4 Å². The van der Waals surface area contributed by atoms with E-state index in [1.807, 2.05) is 4.90 Å². The number of benzene rings is 2. The molecular weight excluding hydrogens is 616 g/mol. The largest absolute Gasteiger partial charge is 0.495 e. The van der Waals surface area contributed by atoms with Gasteiger partial charge in [-0.15, -0.1) is 0 Å². The Labute approximate surface area is 257 Å². The lowest BCUT2D eigenvalue weighted by Crippen LogP contribution is -2.51. The van der Waals surface area contributed by atoms with E-state index in [9.17, 15) is 37.4 Å². The predicted molar refractivity (Wildman–Crippen MR) is 161 cm³/mol. The Morgan fingerprint density at radius 3 is 2.33 bits per heavy atom. The average molecular weight is 651 g/mol. The number of aliphatic hydroxyl groups is 1. The monoisotopic (exact) mass is 650 g/mol. The van der Waals surface area contributed by atoms with Crippen molar-refractivity contribution < 1.29 is 42.2 Å². The number of hydrogen-bond acceptors (Lipinski definition) is 9. The van der Waals surface area contributed by atoms with Crippen molar-refractivity contribution in [3.05, 3.63) is 58.8 Å². The molecule has 242 valence electrons. The zero-order valence-electron chi connectivity index (χ0n) is 25.0. The molecule has 0 atom stereocenters. The van der Waals surface area contributed by atoms with Gasteiger partial charge in [-0.2, -0.15) is 18.2 Å². The van der Waals surface area contributed by atoms with Crippen LogP contribution in [-0.4, -0.2) is 69.0 Å². The second-order valence-corrected chi connectivity index (χ2v) is 13.1. The van der Waals surface area contributed by atoms with Gasteiger partial charge in [0.2, 0.25) is 5.95 Å². The van der Waals surface area contributed by atoms with Gasteiger partial charge < -0.3 is 40.1 Å². The predicted octanol–water partition coefficient (Wildman–Crippen LogP) is 4.95. The number of halogens is 3. The van der Waals surface area contributed by atoms with Crippen molar-refractivity contribution in [2.75, 3.05) is 42.8 Å². The van der Waals surface area contributed by atoms with E-state index in [4.69, 9.17) is 4.74 Å². The van der Waals surface area contributed by atoms with Crippen molar-refractivity contribution in [3.63, 3.8) is 0 Å². The summed E-state index contributed by atoms with van der Waals surface area (Å²) >= 11 is 0. The summed E-state index contributed by atoms with van der Waals surface area (Å²) in [6, 6.07) is 7.70. The number of methoxy groups -OCH3 is 1. The number of hydrogen-bond donors (Lipinski definition) is 5. The molecule has 1 fully saturated rings. The molecule has 0 spiro atoms. The lowest BCUT2D eigenvalue weighted by Gasteiger charge is -2.39. The molecule has 2 aliphatic rings. The number of amides is 1. The van der Waals surface area contributed by atoms with Gasteiger partial charge in [-0.1, -0.05) is 19.9 Å². The first-order chi connectivity index (χ1) is 21.1. The van der Waals surface area contributed by atoms with Crippen molar-refractivity contribution in [2.45, 2.75) is 50.7 Å². The maximum atomic E-state index is 14.1. The number of rotatable bonds is 10. The van der Waals surface area contributed by atoms with Crippen molar-refractivity contribution >= 4 is 42.3 Å². The highest BCUT2D eigenvalue weighted by Crippen LogP contribution is 2.61. The Bertz CT molecular complexity index is 1670. The van der Waals surface area contributed by atoms with Crippen LogP contribution in [0, 0.1) is 0 Å². The van der Waals surface area contributed by atoms with Gasteiger partial charge in [-0.3, -0.25) is 9.36 Å². The van der Waals surface area contributed by atoms with Gasteiger partial charge in [0.25, 0.3) is 5.91 Å². The lowest BCUT2D eigenvalue weighted by atomic mass is 9.92. The van der Waals surface area contributed by atoms with Crippen molar-refractivity contribution in [1.29, 1.82) is 0 Å². The van der Waals surface area contributed by atoms with E-state index in [1.54, 1.807) is 27.0 Å². The maximum Gasteiger partial charge on any atom is 0.421 e. The number of aliphatic hydroxyl groups excluding tert-OH is 1. The van der Waals surface area contributed by atoms with Gasteiger partial charge in [-0.05, 0) is 42.7 Å². The van der Waals surface area contributed by atoms with Crippen molar-refractivity contribution in [1.82, 2.24) is 14.9 Å². The molecule has 12 nitrogen and oxygen atoms in total. The van der Waals surface area contributed by atoms with Gasteiger partial charge in [0.05, 0.1) is 35.3 Å². The molecule has 1 amide bonds. The Hall–Kier alpha value is -3.91. The van der Waals surface area contributed by atoms with E-state index in [-0.39, 0.29) is 53.9 Å². The van der Waals surface area contributed by atoms with Crippen LogP contribution in [0.25, 0.3) is 0 Å². The van der Waals surface area contributed by atoms with Gasteiger partial charge in [0, 0.05) is 44.1 Å². The first-order valence-corrected chi connectivity index (χ1v) is 15.8. The molecule has 0 radical (unpaired) electrons. The zero-order chi connectivity index (χ0) is 32.9. The second-order valence-electron chi connectivity index (χ2n) is 11.1. The van der Waals surface area contributed by atoms with Crippen molar-refractivity contribution in [2.24, 2.45) is 0 Å². The van der Waals surface area contributed by atoms with E-state index in [0.717, 1.165) is 5.69 Å². The van der Waals surface area contributed by atoms with Gasteiger partial charge in [-0.25, -0.2) is 4.98 Å². The highest BCUT2D eigenvalue weighted by molar-refractivity contribution is 7.53. The summed E-state index contributed by atoms with van der Waals surface area (Å²) in [6.45, 7) is 4.38. The van der Waals surface area contributed by atoms with Crippen LogP contribution in [0.4, 0.5) is 42.0 Å². The molecule has 2 aliphatic heterocycles. The quantitative estimate of drug-likeness (QED) is 0.189. The number of fused-ring (bicyclic) bond motifs is 1. The van der Waals surface area contributed by atoms with E-state index >= 15 is 0 Å². The molecule has 45 heavy (non-hydrogen) atoms. The Morgan fingerprint density at radius 2 is 1.76 bits per heavy atom. The number of nitrogens with zero attached hydrogens (tertiary/aromatic N) is 4. The number of nitrogens with one attached hydrogen (secondary N) is 2. The number of aromatic nitrogens is 2. The van der Waals surface area contributed by atoms with E-state index < -0.39 is 36.4 Å². The van der Waals surface area contributed by atoms with Crippen LogP contribution >= 0.6 is 7.60 Å². The van der Waals surface area contributed by atoms with E-state index in [2.05, 4.69) is 20.6 Å². The molecule has 5 rings (SSSR count). The number of β-amino-alcohol motifs (C(OH)–C–C–N with tert-alkyl or cyclic N) is 1. The van der Waals surface area contributed by atoms with Crippen LogP contribution in [0.5, 0.6) is 5.75 Å².